The lowest BCUT2D eigenvalue weighted by molar-refractivity contribution is -0.139. The number of carbonyl (C=O) groups excluding carboxylic acids is 1. The highest BCUT2D eigenvalue weighted by atomic mass is 16.5. The number of ether oxygens (including phenoxy) is 1. The Morgan fingerprint density at radius 1 is 1.48 bits per heavy atom. The maximum Gasteiger partial charge on any atom is 0.358 e. The molecule has 1 atom stereocenters. The van der Waals surface area contributed by atoms with Gasteiger partial charge >= 0.3 is 5.97 Å². The second kappa shape index (κ2) is 6.21. The second-order valence-corrected chi connectivity index (χ2v) is 5.46. The Bertz CT molecular complexity index is 540. The number of hydrogen-bond acceptors (Lipinski definition) is 5. The van der Waals surface area contributed by atoms with Gasteiger partial charge in [0.2, 0.25) is 5.91 Å². The van der Waals surface area contributed by atoms with Crippen molar-refractivity contribution in [3.05, 3.63) is 11.4 Å². The van der Waals surface area contributed by atoms with Crippen molar-refractivity contribution in [1.82, 2.24) is 19.9 Å². The molecule has 1 aliphatic heterocycles. The number of carboxylic acids is 1. The van der Waals surface area contributed by atoms with Crippen LogP contribution in [0.2, 0.25) is 0 Å². The van der Waals surface area contributed by atoms with Crippen molar-refractivity contribution < 1.29 is 19.4 Å². The Labute approximate surface area is 122 Å². The van der Waals surface area contributed by atoms with Gasteiger partial charge in [0, 0.05) is 13.1 Å². The third-order valence-corrected chi connectivity index (χ3v) is 3.40. The molecule has 1 unspecified atom stereocenters. The molecule has 8 nitrogen and oxygen atoms in total. The van der Waals surface area contributed by atoms with Crippen LogP contribution < -0.4 is 0 Å². The van der Waals surface area contributed by atoms with Gasteiger partial charge in [0.15, 0.2) is 5.69 Å². The lowest BCUT2D eigenvalue weighted by Crippen LogP contribution is -2.46. The third kappa shape index (κ3) is 3.38. The molecule has 1 aliphatic rings. The SMILES string of the molecule is CC1CN(C(=O)Cn2nnc(C(=O)O)c2C(C)C)CCO1. The standard InChI is InChI=1S/C13H20N4O4/c1-8(2)12-11(13(19)20)14-15-17(12)7-10(18)16-4-5-21-9(3)6-16/h8-9H,4-7H2,1-3H3,(H,19,20). The number of aromatic carboxylic acids is 1. The van der Waals surface area contributed by atoms with E-state index >= 15 is 0 Å². The van der Waals surface area contributed by atoms with Crippen molar-refractivity contribution in [3.63, 3.8) is 0 Å². The normalized spacial score (nSPS) is 19.0. The zero-order valence-electron chi connectivity index (χ0n) is 12.4. The molecule has 2 heterocycles. The number of nitrogens with zero attached hydrogens (tertiary/aromatic N) is 4. The molecule has 1 amide bonds. The highest BCUT2D eigenvalue weighted by molar-refractivity contribution is 5.87. The Morgan fingerprint density at radius 2 is 2.19 bits per heavy atom. The summed E-state index contributed by atoms with van der Waals surface area (Å²) in [5, 5.41) is 16.6. The molecule has 0 spiro atoms. The Balaban J connectivity index is 2.15. The first-order valence-electron chi connectivity index (χ1n) is 6.96. The van der Waals surface area contributed by atoms with E-state index in [4.69, 9.17) is 9.84 Å². The fourth-order valence-electron chi connectivity index (χ4n) is 2.43. The zero-order chi connectivity index (χ0) is 15.6. The van der Waals surface area contributed by atoms with E-state index in [2.05, 4.69) is 10.3 Å². The summed E-state index contributed by atoms with van der Waals surface area (Å²) in [5.74, 6) is -1.31. The van der Waals surface area contributed by atoms with Crippen molar-refractivity contribution in [3.8, 4) is 0 Å². The summed E-state index contributed by atoms with van der Waals surface area (Å²) in [6.45, 7) is 7.21. The number of hydrogen-bond donors (Lipinski definition) is 1. The minimum Gasteiger partial charge on any atom is -0.476 e. The number of amides is 1. The first kappa shape index (κ1) is 15.4. The Morgan fingerprint density at radius 3 is 2.76 bits per heavy atom. The van der Waals surface area contributed by atoms with Crippen LogP contribution >= 0.6 is 0 Å². The number of rotatable bonds is 4. The fraction of sp³-hybridized carbons (Fsp3) is 0.692. The first-order valence-corrected chi connectivity index (χ1v) is 6.96. The summed E-state index contributed by atoms with van der Waals surface area (Å²) in [7, 11) is 0. The van der Waals surface area contributed by atoms with Crippen LogP contribution in [-0.2, 0) is 16.1 Å². The largest absolute Gasteiger partial charge is 0.476 e. The van der Waals surface area contributed by atoms with Gasteiger partial charge in [-0.15, -0.1) is 5.10 Å². The lowest BCUT2D eigenvalue weighted by Gasteiger charge is -2.31. The predicted octanol–water partition coefficient (Wildman–Crippen LogP) is 0.347. The topological polar surface area (TPSA) is 97.6 Å². The van der Waals surface area contributed by atoms with Gasteiger partial charge in [-0.05, 0) is 12.8 Å². The van der Waals surface area contributed by atoms with E-state index < -0.39 is 5.97 Å². The van der Waals surface area contributed by atoms with E-state index in [1.165, 1.54) is 4.68 Å². The van der Waals surface area contributed by atoms with Gasteiger partial charge in [-0.1, -0.05) is 19.1 Å². The highest BCUT2D eigenvalue weighted by Crippen LogP contribution is 2.18. The van der Waals surface area contributed by atoms with Crippen molar-refractivity contribution in [2.45, 2.75) is 39.3 Å². The molecular weight excluding hydrogens is 276 g/mol. The van der Waals surface area contributed by atoms with Crippen molar-refractivity contribution in [2.75, 3.05) is 19.7 Å². The minimum absolute atomic E-state index is 0.000509. The Hall–Kier alpha value is -1.96. The molecule has 0 radical (unpaired) electrons. The van der Waals surface area contributed by atoms with Crippen LogP contribution in [0.25, 0.3) is 0 Å². The fourth-order valence-corrected chi connectivity index (χ4v) is 2.43. The summed E-state index contributed by atoms with van der Waals surface area (Å²) in [6, 6.07) is 0. The van der Waals surface area contributed by atoms with Crippen LogP contribution in [-0.4, -0.2) is 62.7 Å². The van der Waals surface area contributed by atoms with Crippen LogP contribution in [0.4, 0.5) is 0 Å². The molecule has 2 rings (SSSR count). The number of aromatic nitrogens is 3. The van der Waals surface area contributed by atoms with Gasteiger partial charge < -0.3 is 14.7 Å². The maximum atomic E-state index is 12.3. The van der Waals surface area contributed by atoms with Crippen LogP contribution in [0.15, 0.2) is 0 Å². The Kier molecular flexibility index (Phi) is 4.56. The average Bonchev–Trinajstić information content (AvgIpc) is 2.82. The molecule has 1 saturated heterocycles. The molecule has 0 aliphatic carbocycles. The van der Waals surface area contributed by atoms with Gasteiger partial charge in [-0.3, -0.25) is 4.79 Å². The zero-order valence-corrected chi connectivity index (χ0v) is 12.4. The van der Waals surface area contributed by atoms with Gasteiger partial charge in [-0.25, -0.2) is 9.48 Å². The van der Waals surface area contributed by atoms with Crippen molar-refractivity contribution in [2.24, 2.45) is 0 Å². The summed E-state index contributed by atoms with van der Waals surface area (Å²) >= 11 is 0. The smallest absolute Gasteiger partial charge is 0.358 e. The van der Waals surface area contributed by atoms with Crippen LogP contribution in [0.1, 0.15) is 42.9 Å². The summed E-state index contributed by atoms with van der Waals surface area (Å²) < 4.78 is 6.79. The molecule has 1 aromatic rings. The molecular formula is C13H20N4O4. The summed E-state index contributed by atoms with van der Waals surface area (Å²) in [4.78, 5) is 25.2. The van der Waals surface area contributed by atoms with Gasteiger partial charge in [-0.2, -0.15) is 0 Å². The summed E-state index contributed by atoms with van der Waals surface area (Å²) in [6.07, 6.45) is 0.0117. The third-order valence-electron chi connectivity index (χ3n) is 3.40. The summed E-state index contributed by atoms with van der Waals surface area (Å²) in [5.41, 5.74) is 0.380. The van der Waals surface area contributed by atoms with E-state index in [-0.39, 0.29) is 30.2 Å². The molecule has 1 aromatic heterocycles. The number of carboxylic acid groups (broad SMARTS) is 1. The quantitative estimate of drug-likeness (QED) is 0.861. The highest BCUT2D eigenvalue weighted by Gasteiger charge is 2.26. The molecule has 1 fully saturated rings. The predicted molar refractivity (Wildman–Crippen MR) is 73.1 cm³/mol. The van der Waals surface area contributed by atoms with Gasteiger partial charge in [0.1, 0.15) is 6.54 Å². The molecule has 0 bridgehead atoms. The molecule has 0 saturated carbocycles. The van der Waals surface area contributed by atoms with E-state index in [0.717, 1.165) is 0 Å². The number of carbonyl (C=O) groups is 2. The van der Waals surface area contributed by atoms with E-state index in [1.807, 2.05) is 20.8 Å². The molecule has 0 aromatic carbocycles. The second-order valence-electron chi connectivity index (χ2n) is 5.46. The lowest BCUT2D eigenvalue weighted by atomic mass is 10.1. The monoisotopic (exact) mass is 296 g/mol. The van der Waals surface area contributed by atoms with Crippen LogP contribution in [0.5, 0.6) is 0 Å². The minimum atomic E-state index is -1.13. The van der Waals surface area contributed by atoms with Crippen LogP contribution in [0.3, 0.4) is 0 Å². The van der Waals surface area contributed by atoms with Crippen molar-refractivity contribution >= 4 is 11.9 Å². The van der Waals surface area contributed by atoms with Gasteiger partial charge in [0.25, 0.3) is 0 Å². The molecule has 21 heavy (non-hydrogen) atoms. The first-order chi connectivity index (χ1) is 9.90. The number of morpholine rings is 1. The maximum absolute atomic E-state index is 12.3. The molecule has 1 N–H and O–H groups in total. The van der Waals surface area contributed by atoms with E-state index in [0.29, 0.717) is 25.4 Å². The van der Waals surface area contributed by atoms with Crippen LogP contribution in [0, 0.1) is 0 Å². The van der Waals surface area contributed by atoms with Crippen molar-refractivity contribution in [1.29, 1.82) is 0 Å². The van der Waals surface area contributed by atoms with E-state index in [1.54, 1.807) is 4.90 Å². The molecule has 116 valence electrons. The van der Waals surface area contributed by atoms with Gasteiger partial charge in [0.05, 0.1) is 18.4 Å². The average molecular weight is 296 g/mol. The van der Waals surface area contributed by atoms with E-state index in [9.17, 15) is 9.59 Å². The molecule has 8 heteroatoms.